The van der Waals surface area contributed by atoms with Crippen LogP contribution in [0, 0.1) is 0 Å². The summed E-state index contributed by atoms with van der Waals surface area (Å²) in [5.41, 5.74) is 2.24. The molecule has 1 aromatic carbocycles. The molecule has 0 aliphatic carbocycles. The van der Waals surface area contributed by atoms with Crippen molar-refractivity contribution in [3.8, 4) is 11.5 Å². The van der Waals surface area contributed by atoms with Crippen molar-refractivity contribution < 1.29 is 14.3 Å². The second-order valence-corrected chi connectivity index (χ2v) is 6.91. The predicted molar refractivity (Wildman–Crippen MR) is 108 cm³/mol. The molecule has 2 heterocycles. The van der Waals surface area contributed by atoms with E-state index in [1.807, 2.05) is 48.4 Å². The summed E-state index contributed by atoms with van der Waals surface area (Å²) in [5, 5.41) is 3.40. The van der Waals surface area contributed by atoms with Gasteiger partial charge in [0.25, 0.3) is 5.91 Å². The van der Waals surface area contributed by atoms with E-state index in [9.17, 15) is 4.79 Å². The lowest BCUT2D eigenvalue weighted by Gasteiger charge is -2.26. The summed E-state index contributed by atoms with van der Waals surface area (Å²) in [6.07, 6.45) is 6.99. The van der Waals surface area contributed by atoms with E-state index in [2.05, 4.69) is 10.3 Å². The summed E-state index contributed by atoms with van der Waals surface area (Å²) >= 11 is 0. The third-order valence-corrected chi connectivity index (χ3v) is 4.75. The Kier molecular flexibility index (Phi) is 7.67. The fraction of sp³-hybridized carbons (Fsp3) is 0.455. The van der Waals surface area contributed by atoms with Crippen LogP contribution < -0.4 is 14.8 Å². The SMILES string of the molecule is CCOc1cc(CNCc2cccnc2)ccc1OCC(=O)N1CCCCC1. The van der Waals surface area contributed by atoms with Gasteiger partial charge in [0.05, 0.1) is 6.61 Å². The van der Waals surface area contributed by atoms with Crippen LogP contribution in [0.3, 0.4) is 0 Å². The zero-order chi connectivity index (χ0) is 19.6. The third-order valence-electron chi connectivity index (χ3n) is 4.75. The highest BCUT2D eigenvalue weighted by Crippen LogP contribution is 2.28. The molecule has 6 heteroatoms. The first-order chi connectivity index (χ1) is 13.8. The van der Waals surface area contributed by atoms with Gasteiger partial charge >= 0.3 is 0 Å². The number of aromatic nitrogens is 1. The number of carbonyl (C=O) groups excluding carboxylic acids is 1. The number of hydrogen-bond acceptors (Lipinski definition) is 5. The minimum atomic E-state index is 0.0457. The molecule has 28 heavy (non-hydrogen) atoms. The zero-order valence-electron chi connectivity index (χ0n) is 16.5. The van der Waals surface area contributed by atoms with Crippen molar-refractivity contribution in [2.75, 3.05) is 26.3 Å². The number of carbonyl (C=O) groups is 1. The molecule has 1 amide bonds. The Morgan fingerprint density at radius 3 is 2.64 bits per heavy atom. The number of piperidine rings is 1. The van der Waals surface area contributed by atoms with Crippen LogP contribution in [0.25, 0.3) is 0 Å². The van der Waals surface area contributed by atoms with E-state index >= 15 is 0 Å². The van der Waals surface area contributed by atoms with Gasteiger partial charge in [-0.2, -0.15) is 0 Å². The molecule has 1 fully saturated rings. The van der Waals surface area contributed by atoms with Crippen molar-refractivity contribution in [3.63, 3.8) is 0 Å². The maximum absolute atomic E-state index is 12.3. The maximum Gasteiger partial charge on any atom is 0.260 e. The highest BCUT2D eigenvalue weighted by atomic mass is 16.5. The number of rotatable bonds is 9. The van der Waals surface area contributed by atoms with E-state index in [4.69, 9.17) is 9.47 Å². The molecular weight excluding hydrogens is 354 g/mol. The largest absolute Gasteiger partial charge is 0.490 e. The van der Waals surface area contributed by atoms with Crippen LogP contribution in [0.5, 0.6) is 11.5 Å². The standard InChI is InChI=1S/C22H29N3O3/c1-2-27-21-13-18(14-24-16-19-7-6-10-23-15-19)8-9-20(21)28-17-22(26)25-11-4-3-5-12-25/h6-10,13,15,24H,2-5,11-12,14,16-17H2,1H3. The van der Waals surface area contributed by atoms with E-state index in [-0.39, 0.29) is 12.5 Å². The van der Waals surface area contributed by atoms with Crippen LogP contribution >= 0.6 is 0 Å². The summed E-state index contributed by atoms with van der Waals surface area (Å²) in [5.74, 6) is 1.34. The molecule has 1 N–H and O–H groups in total. The van der Waals surface area contributed by atoms with E-state index in [0.717, 1.165) is 43.6 Å². The number of amides is 1. The smallest absolute Gasteiger partial charge is 0.260 e. The van der Waals surface area contributed by atoms with Crippen LogP contribution in [0.4, 0.5) is 0 Å². The Morgan fingerprint density at radius 2 is 1.89 bits per heavy atom. The molecule has 0 radical (unpaired) electrons. The van der Waals surface area contributed by atoms with E-state index in [0.29, 0.717) is 24.7 Å². The molecule has 6 nitrogen and oxygen atoms in total. The minimum Gasteiger partial charge on any atom is -0.490 e. The minimum absolute atomic E-state index is 0.0457. The van der Waals surface area contributed by atoms with E-state index < -0.39 is 0 Å². The van der Waals surface area contributed by atoms with Gasteiger partial charge < -0.3 is 19.7 Å². The molecule has 2 aromatic rings. The number of ether oxygens (including phenoxy) is 2. The molecule has 0 bridgehead atoms. The molecule has 1 aliphatic rings. The van der Waals surface area contributed by atoms with Crippen LogP contribution in [0.2, 0.25) is 0 Å². The van der Waals surface area contributed by atoms with E-state index in [1.54, 1.807) is 6.20 Å². The van der Waals surface area contributed by atoms with Crippen molar-refractivity contribution in [2.24, 2.45) is 0 Å². The van der Waals surface area contributed by atoms with Crippen LogP contribution in [0.1, 0.15) is 37.3 Å². The van der Waals surface area contributed by atoms with Gasteiger partial charge in [-0.3, -0.25) is 9.78 Å². The lowest BCUT2D eigenvalue weighted by Crippen LogP contribution is -2.38. The van der Waals surface area contributed by atoms with Crippen molar-refractivity contribution in [1.82, 2.24) is 15.2 Å². The molecule has 0 spiro atoms. The lowest BCUT2D eigenvalue weighted by atomic mass is 10.1. The third kappa shape index (κ3) is 5.96. The predicted octanol–water partition coefficient (Wildman–Crippen LogP) is 3.16. The number of nitrogens with one attached hydrogen (secondary N) is 1. The van der Waals surface area contributed by atoms with Crippen LogP contribution in [-0.2, 0) is 17.9 Å². The molecule has 0 unspecified atom stereocenters. The van der Waals surface area contributed by atoms with Crippen molar-refractivity contribution in [1.29, 1.82) is 0 Å². The summed E-state index contributed by atoms with van der Waals surface area (Å²) in [7, 11) is 0. The normalized spacial score (nSPS) is 14.0. The van der Waals surface area contributed by atoms with Gasteiger partial charge in [-0.05, 0) is 55.5 Å². The Hall–Kier alpha value is -2.60. The fourth-order valence-electron chi connectivity index (χ4n) is 3.28. The molecule has 1 aromatic heterocycles. The number of pyridine rings is 1. The monoisotopic (exact) mass is 383 g/mol. The molecule has 3 rings (SSSR count). The van der Waals surface area contributed by atoms with Crippen molar-refractivity contribution >= 4 is 5.91 Å². The summed E-state index contributed by atoms with van der Waals surface area (Å²) < 4.78 is 11.5. The molecule has 0 atom stereocenters. The van der Waals surface area contributed by atoms with Gasteiger partial charge in [-0.15, -0.1) is 0 Å². The second kappa shape index (κ2) is 10.7. The fourth-order valence-corrected chi connectivity index (χ4v) is 3.28. The van der Waals surface area contributed by atoms with Gasteiger partial charge in [-0.1, -0.05) is 12.1 Å². The Balaban J connectivity index is 1.54. The van der Waals surface area contributed by atoms with Gasteiger partial charge in [0.2, 0.25) is 0 Å². The average Bonchev–Trinajstić information content (AvgIpc) is 2.74. The summed E-state index contributed by atoms with van der Waals surface area (Å²) in [6.45, 7) is 5.67. The Morgan fingerprint density at radius 1 is 1.07 bits per heavy atom. The van der Waals surface area contributed by atoms with Crippen molar-refractivity contribution in [3.05, 3.63) is 53.9 Å². The highest BCUT2D eigenvalue weighted by molar-refractivity contribution is 5.78. The summed E-state index contributed by atoms with van der Waals surface area (Å²) in [6, 6.07) is 9.83. The zero-order valence-corrected chi connectivity index (χ0v) is 16.5. The second-order valence-electron chi connectivity index (χ2n) is 6.91. The van der Waals surface area contributed by atoms with Gasteiger partial charge in [0, 0.05) is 38.6 Å². The van der Waals surface area contributed by atoms with Crippen molar-refractivity contribution in [2.45, 2.75) is 39.3 Å². The van der Waals surface area contributed by atoms with Gasteiger partial charge in [0.1, 0.15) is 0 Å². The van der Waals surface area contributed by atoms with E-state index in [1.165, 1.54) is 6.42 Å². The highest BCUT2D eigenvalue weighted by Gasteiger charge is 2.17. The quantitative estimate of drug-likeness (QED) is 0.721. The van der Waals surface area contributed by atoms with Crippen LogP contribution in [0.15, 0.2) is 42.7 Å². The topological polar surface area (TPSA) is 63.7 Å². The lowest BCUT2D eigenvalue weighted by molar-refractivity contribution is -0.134. The molecule has 150 valence electrons. The molecular formula is C22H29N3O3. The first-order valence-corrected chi connectivity index (χ1v) is 10.0. The maximum atomic E-state index is 12.3. The number of nitrogens with zero attached hydrogens (tertiary/aromatic N) is 2. The molecule has 1 saturated heterocycles. The number of benzene rings is 1. The van der Waals surface area contributed by atoms with Gasteiger partial charge in [-0.25, -0.2) is 0 Å². The average molecular weight is 383 g/mol. The Bertz CT molecular complexity index is 746. The van der Waals surface area contributed by atoms with Gasteiger partial charge in [0.15, 0.2) is 18.1 Å². The molecule has 1 aliphatic heterocycles. The van der Waals surface area contributed by atoms with Crippen LogP contribution in [-0.4, -0.2) is 42.1 Å². The number of likely N-dealkylation sites (tertiary alicyclic amines) is 1. The Labute approximate surface area is 166 Å². The first kappa shape index (κ1) is 20.1. The first-order valence-electron chi connectivity index (χ1n) is 10.0. The summed E-state index contributed by atoms with van der Waals surface area (Å²) in [4.78, 5) is 18.3. The number of hydrogen-bond donors (Lipinski definition) is 1. The molecule has 0 saturated carbocycles.